The molecule has 1 rings (SSSR count). The number of rotatable bonds is 4. The molecule has 0 aliphatic carbocycles. The van der Waals surface area contributed by atoms with Gasteiger partial charge in [0.2, 0.25) is 11.9 Å². The van der Waals surface area contributed by atoms with Crippen LogP contribution in [0.15, 0.2) is 6.20 Å². The molecule has 0 fully saturated rings. The number of hydrogen-bond donors (Lipinski definition) is 1. The minimum absolute atomic E-state index is 0.112. The molecule has 0 aliphatic rings. The number of aromatic nitrogens is 2. The molecule has 1 aromatic heterocycles. The Morgan fingerprint density at radius 3 is 2.81 bits per heavy atom. The molecule has 0 atom stereocenters. The van der Waals surface area contributed by atoms with Crippen molar-refractivity contribution in [3.63, 3.8) is 0 Å². The number of carbonyl (C=O) groups is 2. The molecule has 0 aliphatic heterocycles. The van der Waals surface area contributed by atoms with Gasteiger partial charge in [-0.15, -0.1) is 0 Å². The molecule has 1 aromatic rings. The van der Waals surface area contributed by atoms with Crippen molar-refractivity contribution in [1.82, 2.24) is 9.55 Å². The van der Waals surface area contributed by atoms with Crippen molar-refractivity contribution in [2.45, 2.75) is 20.3 Å². The fourth-order valence-corrected chi connectivity index (χ4v) is 1.25. The zero-order valence-corrected chi connectivity index (χ0v) is 9.61. The van der Waals surface area contributed by atoms with Gasteiger partial charge in [-0.2, -0.15) is 0 Å². The molecule has 88 valence electrons. The third-order valence-electron chi connectivity index (χ3n) is 1.84. The maximum Gasteiger partial charge on any atom is 0.311 e. The van der Waals surface area contributed by atoms with E-state index in [1.807, 2.05) is 0 Å². The monoisotopic (exact) mass is 225 g/mol. The second kappa shape index (κ2) is 5.29. The van der Waals surface area contributed by atoms with Gasteiger partial charge in [-0.1, -0.05) is 0 Å². The summed E-state index contributed by atoms with van der Waals surface area (Å²) in [4.78, 5) is 26.1. The van der Waals surface area contributed by atoms with E-state index in [1.54, 1.807) is 24.7 Å². The number of hydrogen-bond acceptors (Lipinski definition) is 4. The maximum atomic E-state index is 11.2. The van der Waals surface area contributed by atoms with Crippen molar-refractivity contribution in [1.29, 1.82) is 0 Å². The molecule has 0 spiro atoms. The molecular formula is C10H15N3O3. The average Bonchev–Trinajstić information content (AvgIpc) is 2.45. The Labute approximate surface area is 93.6 Å². The predicted molar refractivity (Wildman–Crippen MR) is 57.8 cm³/mol. The third-order valence-corrected chi connectivity index (χ3v) is 1.84. The van der Waals surface area contributed by atoms with Gasteiger partial charge in [0.25, 0.3) is 0 Å². The van der Waals surface area contributed by atoms with Crippen LogP contribution in [0, 0.1) is 0 Å². The lowest BCUT2D eigenvalue weighted by Gasteiger charge is -1.99. The van der Waals surface area contributed by atoms with Crippen LogP contribution in [0.4, 0.5) is 5.95 Å². The Morgan fingerprint density at radius 1 is 1.56 bits per heavy atom. The highest BCUT2D eigenvalue weighted by Crippen LogP contribution is 2.07. The fraction of sp³-hybridized carbons (Fsp3) is 0.500. The number of anilines is 1. The standard InChI is InChI=1S/C10H15N3O3/c1-4-16-9(15)5-8-6-13(3)10(12-8)11-7(2)14/h6H,4-5H2,1-3H3,(H,11,12,14). The Morgan fingerprint density at radius 2 is 2.25 bits per heavy atom. The lowest BCUT2D eigenvalue weighted by atomic mass is 10.3. The SMILES string of the molecule is CCOC(=O)Cc1cn(C)c(NC(C)=O)n1. The number of esters is 1. The highest BCUT2D eigenvalue weighted by atomic mass is 16.5. The number of nitrogens with one attached hydrogen (secondary N) is 1. The van der Waals surface area contributed by atoms with E-state index >= 15 is 0 Å². The molecule has 1 heterocycles. The van der Waals surface area contributed by atoms with Crippen LogP contribution < -0.4 is 5.32 Å². The summed E-state index contributed by atoms with van der Waals surface area (Å²) >= 11 is 0. The van der Waals surface area contributed by atoms with E-state index in [-0.39, 0.29) is 18.3 Å². The highest BCUT2D eigenvalue weighted by Gasteiger charge is 2.10. The van der Waals surface area contributed by atoms with Crippen LogP contribution in [-0.4, -0.2) is 28.0 Å². The van der Waals surface area contributed by atoms with Gasteiger partial charge in [-0.05, 0) is 6.92 Å². The fourth-order valence-electron chi connectivity index (χ4n) is 1.25. The molecule has 0 saturated carbocycles. The smallest absolute Gasteiger partial charge is 0.311 e. The minimum atomic E-state index is -0.324. The van der Waals surface area contributed by atoms with Gasteiger partial charge < -0.3 is 9.30 Å². The van der Waals surface area contributed by atoms with Crippen molar-refractivity contribution < 1.29 is 14.3 Å². The lowest BCUT2D eigenvalue weighted by Crippen LogP contribution is -2.10. The molecular weight excluding hydrogens is 210 g/mol. The van der Waals surface area contributed by atoms with Crippen LogP contribution in [0.3, 0.4) is 0 Å². The van der Waals surface area contributed by atoms with Crippen LogP contribution in [0.2, 0.25) is 0 Å². The van der Waals surface area contributed by atoms with Gasteiger partial charge in [0.05, 0.1) is 18.7 Å². The maximum absolute atomic E-state index is 11.2. The van der Waals surface area contributed by atoms with E-state index in [9.17, 15) is 9.59 Å². The van der Waals surface area contributed by atoms with E-state index in [4.69, 9.17) is 4.74 Å². The van der Waals surface area contributed by atoms with E-state index in [1.165, 1.54) is 6.92 Å². The summed E-state index contributed by atoms with van der Waals surface area (Å²) in [5.41, 5.74) is 0.574. The van der Waals surface area contributed by atoms with Gasteiger partial charge >= 0.3 is 5.97 Å². The summed E-state index contributed by atoms with van der Waals surface area (Å²) in [5, 5.41) is 2.56. The molecule has 0 aromatic carbocycles. The molecule has 1 N–H and O–H groups in total. The first-order valence-electron chi connectivity index (χ1n) is 4.98. The quantitative estimate of drug-likeness (QED) is 0.756. The molecule has 0 bridgehead atoms. The van der Waals surface area contributed by atoms with Crippen molar-refractivity contribution in [2.75, 3.05) is 11.9 Å². The molecule has 0 radical (unpaired) electrons. The normalized spacial score (nSPS) is 9.94. The van der Waals surface area contributed by atoms with E-state index in [0.29, 0.717) is 18.2 Å². The summed E-state index contributed by atoms with van der Waals surface area (Å²) in [5.74, 6) is -0.0989. The molecule has 6 nitrogen and oxygen atoms in total. The Kier molecular flexibility index (Phi) is 4.04. The number of ether oxygens (including phenoxy) is 1. The van der Waals surface area contributed by atoms with Crippen molar-refractivity contribution >= 4 is 17.8 Å². The first-order chi connectivity index (χ1) is 7.52. The Hall–Kier alpha value is -1.85. The van der Waals surface area contributed by atoms with Gasteiger partial charge in [0.1, 0.15) is 0 Å². The van der Waals surface area contributed by atoms with Gasteiger partial charge in [-0.25, -0.2) is 4.98 Å². The van der Waals surface area contributed by atoms with E-state index in [2.05, 4.69) is 10.3 Å². The summed E-state index contributed by atoms with van der Waals surface area (Å²) in [6, 6.07) is 0. The van der Waals surface area contributed by atoms with Crippen molar-refractivity contribution in [2.24, 2.45) is 7.05 Å². The number of amides is 1. The second-order valence-corrected chi connectivity index (χ2v) is 3.33. The molecule has 1 amide bonds. The molecule has 16 heavy (non-hydrogen) atoms. The van der Waals surface area contributed by atoms with Crippen molar-refractivity contribution in [3.8, 4) is 0 Å². The van der Waals surface area contributed by atoms with Crippen LogP contribution in [0.1, 0.15) is 19.5 Å². The summed E-state index contributed by atoms with van der Waals surface area (Å²) in [7, 11) is 1.74. The average molecular weight is 225 g/mol. The van der Waals surface area contributed by atoms with Crippen LogP contribution >= 0.6 is 0 Å². The molecule has 0 saturated heterocycles. The Bertz CT molecular complexity index is 398. The first-order valence-corrected chi connectivity index (χ1v) is 4.98. The number of imidazole rings is 1. The van der Waals surface area contributed by atoms with Crippen LogP contribution in [-0.2, 0) is 27.8 Å². The van der Waals surface area contributed by atoms with E-state index < -0.39 is 0 Å². The zero-order chi connectivity index (χ0) is 12.1. The van der Waals surface area contributed by atoms with Crippen LogP contribution in [0.25, 0.3) is 0 Å². The van der Waals surface area contributed by atoms with Crippen molar-refractivity contribution in [3.05, 3.63) is 11.9 Å². The number of nitrogens with zero attached hydrogens (tertiary/aromatic N) is 2. The van der Waals surface area contributed by atoms with Gasteiger partial charge in [-0.3, -0.25) is 14.9 Å². The second-order valence-electron chi connectivity index (χ2n) is 3.33. The topological polar surface area (TPSA) is 73.2 Å². The summed E-state index contributed by atoms with van der Waals surface area (Å²) in [6.07, 6.45) is 1.80. The zero-order valence-electron chi connectivity index (χ0n) is 9.61. The third kappa shape index (κ3) is 3.38. The highest BCUT2D eigenvalue weighted by molar-refractivity contribution is 5.86. The number of aryl methyl sites for hydroxylation is 1. The number of carbonyl (C=O) groups excluding carboxylic acids is 2. The van der Waals surface area contributed by atoms with E-state index in [0.717, 1.165) is 0 Å². The predicted octanol–water partition coefficient (Wildman–Crippen LogP) is 0.484. The van der Waals surface area contributed by atoms with Gasteiger partial charge in [0.15, 0.2) is 0 Å². The Balaban J connectivity index is 2.69. The lowest BCUT2D eigenvalue weighted by molar-refractivity contribution is -0.142. The van der Waals surface area contributed by atoms with Crippen LogP contribution in [0.5, 0.6) is 0 Å². The summed E-state index contributed by atoms with van der Waals surface area (Å²) < 4.78 is 6.45. The summed E-state index contributed by atoms with van der Waals surface area (Å²) in [6.45, 7) is 3.50. The largest absolute Gasteiger partial charge is 0.466 e. The molecule has 0 unspecified atom stereocenters. The van der Waals surface area contributed by atoms with Gasteiger partial charge in [0, 0.05) is 20.2 Å². The first kappa shape index (κ1) is 12.2. The minimum Gasteiger partial charge on any atom is -0.466 e. The molecule has 6 heteroatoms.